The van der Waals surface area contributed by atoms with Gasteiger partial charge < -0.3 is 5.32 Å². The fourth-order valence-corrected chi connectivity index (χ4v) is 3.77. The third-order valence-corrected chi connectivity index (χ3v) is 5.40. The van der Waals surface area contributed by atoms with Crippen LogP contribution in [0.4, 0.5) is 0 Å². The van der Waals surface area contributed by atoms with Crippen LogP contribution in [0.2, 0.25) is 0 Å². The van der Waals surface area contributed by atoms with E-state index in [0.717, 1.165) is 19.6 Å². The maximum atomic E-state index is 12.1. The first-order chi connectivity index (χ1) is 6.37. The highest BCUT2D eigenvalue weighted by Gasteiger charge is 2.56. The van der Waals surface area contributed by atoms with E-state index >= 15 is 0 Å². The topological polar surface area (TPSA) is 32.3 Å². The lowest BCUT2D eigenvalue weighted by Crippen LogP contribution is -2.76. The average molecular weight is 216 g/mol. The van der Waals surface area contributed by atoms with E-state index in [9.17, 15) is 4.21 Å². The second-order valence-electron chi connectivity index (χ2n) is 5.58. The average Bonchev–Trinajstić information content (AvgIpc) is 1.97. The molecule has 0 aromatic carbocycles. The molecular formula is C10H20N2OS. The second-order valence-corrected chi connectivity index (χ2v) is 7.77. The van der Waals surface area contributed by atoms with Crippen molar-refractivity contribution in [3.8, 4) is 0 Å². The van der Waals surface area contributed by atoms with Gasteiger partial charge in [-0.15, -0.1) is 0 Å². The zero-order chi connectivity index (χ0) is 10.6. The van der Waals surface area contributed by atoms with Crippen LogP contribution >= 0.6 is 0 Å². The van der Waals surface area contributed by atoms with Gasteiger partial charge in [-0.05, 0) is 27.7 Å². The van der Waals surface area contributed by atoms with Gasteiger partial charge in [0.05, 0.1) is 15.7 Å². The summed E-state index contributed by atoms with van der Waals surface area (Å²) < 4.78 is 14.1. The SMILES string of the molecule is C[C@H]1N(S(=O)C(C)(C)C)CC12CNC2. The highest BCUT2D eigenvalue weighted by atomic mass is 32.2. The molecule has 14 heavy (non-hydrogen) atoms. The largest absolute Gasteiger partial charge is 0.315 e. The molecule has 2 aliphatic rings. The van der Waals surface area contributed by atoms with Gasteiger partial charge in [0.15, 0.2) is 0 Å². The zero-order valence-electron chi connectivity index (χ0n) is 9.46. The third kappa shape index (κ3) is 1.35. The van der Waals surface area contributed by atoms with Crippen LogP contribution in [0.3, 0.4) is 0 Å². The zero-order valence-corrected chi connectivity index (χ0v) is 10.3. The molecule has 2 fully saturated rings. The first-order valence-corrected chi connectivity index (χ1v) is 6.37. The molecule has 2 saturated heterocycles. The van der Waals surface area contributed by atoms with Crippen molar-refractivity contribution in [3.63, 3.8) is 0 Å². The van der Waals surface area contributed by atoms with Gasteiger partial charge in [-0.2, -0.15) is 0 Å². The maximum absolute atomic E-state index is 12.1. The lowest BCUT2D eigenvalue weighted by Gasteiger charge is -2.61. The summed E-state index contributed by atoms with van der Waals surface area (Å²) in [4.78, 5) is 0. The molecule has 0 aromatic heterocycles. The van der Waals surface area contributed by atoms with Crippen LogP contribution in [-0.2, 0) is 11.0 Å². The molecule has 82 valence electrons. The van der Waals surface area contributed by atoms with Gasteiger partial charge in [0.1, 0.15) is 0 Å². The van der Waals surface area contributed by atoms with Gasteiger partial charge >= 0.3 is 0 Å². The van der Waals surface area contributed by atoms with Crippen molar-refractivity contribution in [2.24, 2.45) is 5.41 Å². The van der Waals surface area contributed by atoms with Crippen LogP contribution < -0.4 is 5.32 Å². The lowest BCUT2D eigenvalue weighted by molar-refractivity contribution is -0.0414. The molecule has 2 heterocycles. The quantitative estimate of drug-likeness (QED) is 0.701. The van der Waals surface area contributed by atoms with E-state index < -0.39 is 11.0 Å². The predicted octanol–water partition coefficient (Wildman–Crippen LogP) is 0.742. The Kier molecular flexibility index (Phi) is 2.29. The summed E-state index contributed by atoms with van der Waals surface area (Å²) in [5.74, 6) is 0. The molecular weight excluding hydrogens is 196 g/mol. The van der Waals surface area contributed by atoms with E-state index in [4.69, 9.17) is 0 Å². The molecule has 1 spiro atoms. The third-order valence-electron chi connectivity index (χ3n) is 3.48. The van der Waals surface area contributed by atoms with E-state index in [1.807, 2.05) is 20.8 Å². The first kappa shape index (κ1) is 10.6. The standard InChI is InChI=1S/C10H20N2OS/c1-8-10(5-11-6-10)7-12(8)14(13)9(2,3)4/h8,11H,5-7H2,1-4H3/t8-,14?/m1/s1. The van der Waals surface area contributed by atoms with Crippen LogP contribution in [0.1, 0.15) is 27.7 Å². The molecule has 0 aliphatic carbocycles. The molecule has 0 bridgehead atoms. The van der Waals surface area contributed by atoms with Gasteiger partial charge in [-0.1, -0.05) is 0 Å². The Hall–Kier alpha value is 0.0700. The molecule has 2 rings (SSSR count). The van der Waals surface area contributed by atoms with Crippen LogP contribution in [0, 0.1) is 5.41 Å². The molecule has 0 radical (unpaired) electrons. The molecule has 2 aliphatic heterocycles. The number of nitrogens with one attached hydrogen (secondary N) is 1. The molecule has 1 N–H and O–H groups in total. The van der Waals surface area contributed by atoms with Gasteiger partial charge in [-0.25, -0.2) is 8.51 Å². The highest BCUT2D eigenvalue weighted by Crippen LogP contribution is 2.43. The minimum absolute atomic E-state index is 0.118. The van der Waals surface area contributed by atoms with E-state index in [0.29, 0.717) is 11.5 Å². The summed E-state index contributed by atoms with van der Waals surface area (Å²) >= 11 is 0. The fraction of sp³-hybridized carbons (Fsp3) is 1.00. The maximum Gasteiger partial charge on any atom is 0.1000 e. The van der Waals surface area contributed by atoms with Crippen molar-refractivity contribution in [1.29, 1.82) is 0 Å². The normalized spacial score (nSPS) is 33.6. The Bertz CT molecular complexity index is 268. The molecule has 0 amide bonds. The highest BCUT2D eigenvalue weighted by molar-refractivity contribution is 7.84. The summed E-state index contributed by atoms with van der Waals surface area (Å²) in [6.45, 7) is 11.5. The van der Waals surface area contributed by atoms with Crippen molar-refractivity contribution in [2.45, 2.75) is 38.5 Å². The van der Waals surface area contributed by atoms with Crippen molar-refractivity contribution < 1.29 is 4.21 Å². The van der Waals surface area contributed by atoms with Gasteiger partial charge in [-0.3, -0.25) is 0 Å². The van der Waals surface area contributed by atoms with Crippen molar-refractivity contribution in [2.75, 3.05) is 19.6 Å². The first-order valence-electron chi connectivity index (χ1n) is 5.26. The summed E-state index contributed by atoms with van der Waals surface area (Å²) in [5, 5.41) is 3.31. The molecule has 2 atom stereocenters. The van der Waals surface area contributed by atoms with Crippen molar-refractivity contribution in [1.82, 2.24) is 9.62 Å². The van der Waals surface area contributed by atoms with Gasteiger partial charge in [0.25, 0.3) is 0 Å². The van der Waals surface area contributed by atoms with Crippen LogP contribution in [0.5, 0.6) is 0 Å². The van der Waals surface area contributed by atoms with E-state index in [1.165, 1.54) is 0 Å². The van der Waals surface area contributed by atoms with Crippen LogP contribution in [0.25, 0.3) is 0 Å². The molecule has 0 saturated carbocycles. The minimum Gasteiger partial charge on any atom is -0.315 e. The molecule has 1 unspecified atom stereocenters. The number of hydrogen-bond donors (Lipinski definition) is 1. The summed E-state index contributed by atoms with van der Waals surface area (Å²) in [6.07, 6.45) is 0. The Labute approximate surface area is 88.8 Å². The number of nitrogens with zero attached hydrogens (tertiary/aromatic N) is 1. The Balaban J connectivity index is 2.00. The van der Waals surface area contributed by atoms with Crippen molar-refractivity contribution in [3.05, 3.63) is 0 Å². The molecule has 0 aromatic rings. The fourth-order valence-electron chi connectivity index (χ4n) is 2.18. The van der Waals surface area contributed by atoms with Crippen molar-refractivity contribution >= 4 is 11.0 Å². The minimum atomic E-state index is -0.834. The van der Waals surface area contributed by atoms with Crippen LogP contribution in [-0.4, -0.2) is 38.9 Å². The smallest absolute Gasteiger partial charge is 0.1000 e. The van der Waals surface area contributed by atoms with Gasteiger partial charge in [0.2, 0.25) is 0 Å². The molecule has 4 heteroatoms. The Morgan fingerprint density at radius 3 is 2.29 bits per heavy atom. The van der Waals surface area contributed by atoms with E-state index in [2.05, 4.69) is 16.5 Å². The monoisotopic (exact) mass is 216 g/mol. The second kappa shape index (κ2) is 3.03. The summed E-state index contributed by atoms with van der Waals surface area (Å²) in [6, 6.07) is 0.476. The Morgan fingerprint density at radius 2 is 2.00 bits per heavy atom. The summed E-state index contributed by atoms with van der Waals surface area (Å²) in [7, 11) is -0.834. The molecule has 3 nitrogen and oxygen atoms in total. The Morgan fingerprint density at radius 1 is 1.43 bits per heavy atom. The number of rotatable bonds is 1. The lowest BCUT2D eigenvalue weighted by atomic mass is 9.69. The van der Waals surface area contributed by atoms with Crippen LogP contribution in [0.15, 0.2) is 0 Å². The van der Waals surface area contributed by atoms with Gasteiger partial charge in [0, 0.05) is 31.1 Å². The predicted molar refractivity (Wildman–Crippen MR) is 59.4 cm³/mol. The van der Waals surface area contributed by atoms with E-state index in [1.54, 1.807) is 0 Å². The summed E-state index contributed by atoms with van der Waals surface area (Å²) in [5.41, 5.74) is 0.445. The van der Waals surface area contributed by atoms with E-state index in [-0.39, 0.29) is 4.75 Å². The number of hydrogen-bond acceptors (Lipinski definition) is 2.